The Morgan fingerprint density at radius 1 is 1.24 bits per heavy atom. The lowest BCUT2D eigenvalue weighted by molar-refractivity contribution is 0.0735. The molecule has 1 saturated carbocycles. The number of methoxy groups -OCH3 is 1. The van der Waals surface area contributed by atoms with Gasteiger partial charge in [-0.05, 0) is 49.6 Å². The number of carbonyl (C=O) groups excluding carboxylic acids is 1. The van der Waals surface area contributed by atoms with E-state index in [4.69, 9.17) is 4.74 Å². The molecular weight excluding hydrogens is 282 g/mol. The molecule has 1 aliphatic carbocycles. The number of hydrogen-bond donors (Lipinski definition) is 0. The minimum Gasteiger partial charge on any atom is -0.497 e. The van der Waals surface area contributed by atoms with Crippen LogP contribution in [-0.4, -0.2) is 24.0 Å². The van der Waals surface area contributed by atoms with Gasteiger partial charge in [0.2, 0.25) is 0 Å². The van der Waals surface area contributed by atoms with Gasteiger partial charge in [0, 0.05) is 17.5 Å². The smallest absolute Gasteiger partial charge is 0.264 e. The molecule has 0 radical (unpaired) electrons. The average Bonchev–Trinajstić information content (AvgIpc) is 3.26. The van der Waals surface area contributed by atoms with Gasteiger partial charge in [0.15, 0.2) is 0 Å². The van der Waals surface area contributed by atoms with Crippen molar-refractivity contribution in [1.29, 1.82) is 0 Å². The molecule has 2 aromatic rings. The molecule has 0 bridgehead atoms. The van der Waals surface area contributed by atoms with Crippen LogP contribution in [0.4, 0.5) is 0 Å². The van der Waals surface area contributed by atoms with Crippen molar-refractivity contribution in [1.82, 2.24) is 4.90 Å². The molecule has 1 fully saturated rings. The first-order valence-corrected chi connectivity index (χ1v) is 7.99. The lowest BCUT2D eigenvalue weighted by atomic mass is 10.2. The number of nitrogens with zero attached hydrogens (tertiary/aromatic N) is 1. The van der Waals surface area contributed by atoms with Crippen LogP contribution in [0.15, 0.2) is 36.4 Å². The van der Waals surface area contributed by atoms with Crippen molar-refractivity contribution in [2.75, 3.05) is 7.11 Å². The first-order valence-electron chi connectivity index (χ1n) is 7.17. The van der Waals surface area contributed by atoms with Gasteiger partial charge in [-0.1, -0.05) is 12.1 Å². The van der Waals surface area contributed by atoms with Crippen molar-refractivity contribution in [3.8, 4) is 5.75 Å². The van der Waals surface area contributed by atoms with E-state index >= 15 is 0 Å². The molecule has 1 aromatic carbocycles. The zero-order chi connectivity index (χ0) is 14.8. The van der Waals surface area contributed by atoms with Crippen LogP contribution in [-0.2, 0) is 6.54 Å². The molecule has 1 amide bonds. The zero-order valence-electron chi connectivity index (χ0n) is 12.3. The number of aryl methyl sites for hydroxylation is 1. The summed E-state index contributed by atoms with van der Waals surface area (Å²) in [5, 5.41) is 0. The highest BCUT2D eigenvalue weighted by molar-refractivity contribution is 7.13. The van der Waals surface area contributed by atoms with Crippen molar-refractivity contribution in [3.63, 3.8) is 0 Å². The fraction of sp³-hybridized carbons (Fsp3) is 0.353. The summed E-state index contributed by atoms with van der Waals surface area (Å²) in [6.45, 7) is 2.71. The number of hydrogen-bond acceptors (Lipinski definition) is 3. The van der Waals surface area contributed by atoms with Crippen LogP contribution < -0.4 is 4.74 Å². The van der Waals surface area contributed by atoms with Crippen LogP contribution in [0.1, 0.15) is 33.0 Å². The zero-order valence-corrected chi connectivity index (χ0v) is 13.2. The van der Waals surface area contributed by atoms with Crippen LogP contribution in [0.25, 0.3) is 0 Å². The van der Waals surface area contributed by atoms with Crippen LogP contribution in [0.2, 0.25) is 0 Å². The van der Waals surface area contributed by atoms with Crippen LogP contribution >= 0.6 is 11.3 Å². The van der Waals surface area contributed by atoms with Crippen molar-refractivity contribution < 1.29 is 9.53 Å². The van der Waals surface area contributed by atoms with E-state index in [1.165, 1.54) is 4.88 Å². The van der Waals surface area contributed by atoms with E-state index in [2.05, 4.69) is 0 Å². The van der Waals surface area contributed by atoms with Crippen LogP contribution in [0.3, 0.4) is 0 Å². The van der Waals surface area contributed by atoms with Crippen molar-refractivity contribution in [3.05, 3.63) is 51.7 Å². The SMILES string of the molecule is COc1ccc(CN(C(=O)c2ccc(C)s2)C2CC2)cc1. The first-order chi connectivity index (χ1) is 10.2. The Kier molecular flexibility index (Phi) is 3.97. The number of thiophene rings is 1. The lowest BCUT2D eigenvalue weighted by Crippen LogP contribution is -2.32. The quantitative estimate of drug-likeness (QED) is 0.839. The molecule has 0 atom stereocenters. The molecule has 0 spiro atoms. The Morgan fingerprint density at radius 2 is 1.95 bits per heavy atom. The third-order valence-corrected chi connectivity index (χ3v) is 4.70. The third kappa shape index (κ3) is 3.27. The summed E-state index contributed by atoms with van der Waals surface area (Å²) in [5.41, 5.74) is 1.14. The Hall–Kier alpha value is -1.81. The predicted molar refractivity (Wildman–Crippen MR) is 84.9 cm³/mol. The fourth-order valence-electron chi connectivity index (χ4n) is 2.37. The second kappa shape index (κ2) is 5.90. The summed E-state index contributed by atoms with van der Waals surface area (Å²) in [6.07, 6.45) is 2.23. The summed E-state index contributed by atoms with van der Waals surface area (Å²) in [6, 6.07) is 12.3. The molecule has 1 heterocycles. The second-order valence-corrected chi connectivity index (χ2v) is 6.71. The topological polar surface area (TPSA) is 29.5 Å². The van der Waals surface area contributed by atoms with E-state index in [0.29, 0.717) is 12.6 Å². The molecule has 21 heavy (non-hydrogen) atoms. The fourth-order valence-corrected chi connectivity index (χ4v) is 3.20. The van der Waals surface area contributed by atoms with Crippen LogP contribution in [0, 0.1) is 6.92 Å². The van der Waals surface area contributed by atoms with Crippen molar-refractivity contribution in [2.24, 2.45) is 0 Å². The Balaban J connectivity index is 1.76. The van der Waals surface area contributed by atoms with E-state index in [0.717, 1.165) is 29.0 Å². The Morgan fingerprint density at radius 3 is 2.48 bits per heavy atom. The standard InChI is InChI=1S/C17H19NO2S/c1-12-3-10-16(21-12)17(19)18(14-6-7-14)11-13-4-8-15(20-2)9-5-13/h3-5,8-10,14H,6-7,11H2,1-2H3. The Labute approximate surface area is 129 Å². The molecule has 110 valence electrons. The average molecular weight is 301 g/mol. The molecule has 3 rings (SSSR count). The number of benzene rings is 1. The summed E-state index contributed by atoms with van der Waals surface area (Å²) in [5.74, 6) is 1.00. The van der Waals surface area contributed by atoms with Gasteiger partial charge in [-0.25, -0.2) is 0 Å². The van der Waals surface area contributed by atoms with E-state index in [-0.39, 0.29) is 5.91 Å². The van der Waals surface area contributed by atoms with Gasteiger partial charge in [0.1, 0.15) is 5.75 Å². The number of amides is 1. The molecule has 0 saturated heterocycles. The minimum atomic E-state index is 0.159. The van der Waals surface area contributed by atoms with E-state index < -0.39 is 0 Å². The molecule has 0 unspecified atom stereocenters. The largest absolute Gasteiger partial charge is 0.497 e. The summed E-state index contributed by atoms with van der Waals surface area (Å²) in [4.78, 5) is 16.7. The first kappa shape index (κ1) is 14.1. The molecule has 0 N–H and O–H groups in total. The van der Waals surface area contributed by atoms with E-state index in [1.54, 1.807) is 18.4 Å². The minimum absolute atomic E-state index is 0.159. The normalized spacial score (nSPS) is 14.0. The number of carbonyl (C=O) groups is 1. The monoisotopic (exact) mass is 301 g/mol. The van der Waals surface area contributed by atoms with Gasteiger partial charge in [-0.2, -0.15) is 0 Å². The maximum Gasteiger partial charge on any atom is 0.264 e. The molecule has 3 nitrogen and oxygen atoms in total. The third-order valence-electron chi connectivity index (χ3n) is 3.71. The van der Waals surface area contributed by atoms with Crippen LogP contribution in [0.5, 0.6) is 5.75 Å². The molecule has 1 aliphatic rings. The number of ether oxygens (including phenoxy) is 1. The van der Waals surface area contributed by atoms with Gasteiger partial charge in [-0.15, -0.1) is 11.3 Å². The predicted octanol–water partition coefficient (Wildman–Crippen LogP) is 3.87. The van der Waals surface area contributed by atoms with E-state index in [9.17, 15) is 4.79 Å². The van der Waals surface area contributed by atoms with Gasteiger partial charge in [0.25, 0.3) is 5.91 Å². The highest BCUT2D eigenvalue weighted by Crippen LogP contribution is 2.31. The number of rotatable bonds is 5. The summed E-state index contributed by atoms with van der Waals surface area (Å²) < 4.78 is 5.17. The highest BCUT2D eigenvalue weighted by atomic mass is 32.1. The molecular formula is C17H19NO2S. The second-order valence-electron chi connectivity index (χ2n) is 5.42. The van der Waals surface area contributed by atoms with Gasteiger partial charge in [0.05, 0.1) is 12.0 Å². The van der Waals surface area contributed by atoms with Gasteiger partial charge < -0.3 is 9.64 Å². The maximum atomic E-state index is 12.7. The highest BCUT2D eigenvalue weighted by Gasteiger charge is 2.33. The molecule has 4 heteroatoms. The van der Waals surface area contributed by atoms with Gasteiger partial charge >= 0.3 is 0 Å². The summed E-state index contributed by atoms with van der Waals surface area (Å²) >= 11 is 1.57. The molecule has 0 aliphatic heterocycles. The maximum absolute atomic E-state index is 12.7. The van der Waals surface area contributed by atoms with Crippen molar-refractivity contribution in [2.45, 2.75) is 32.4 Å². The molecule has 1 aromatic heterocycles. The Bertz CT molecular complexity index is 628. The van der Waals surface area contributed by atoms with Crippen molar-refractivity contribution >= 4 is 17.2 Å². The van der Waals surface area contributed by atoms with E-state index in [1.807, 2.05) is 48.2 Å². The van der Waals surface area contributed by atoms with Gasteiger partial charge in [-0.3, -0.25) is 4.79 Å². The lowest BCUT2D eigenvalue weighted by Gasteiger charge is -2.22. The summed E-state index contributed by atoms with van der Waals surface area (Å²) in [7, 11) is 1.66.